The monoisotopic (exact) mass is 441 g/mol. The summed E-state index contributed by atoms with van der Waals surface area (Å²) >= 11 is 0. The molecule has 2 aliphatic rings. The molecule has 0 aliphatic heterocycles. The first-order valence-corrected chi connectivity index (χ1v) is 10.00. The number of rotatable bonds is 7. The molecule has 9 nitrogen and oxygen atoms in total. The van der Waals surface area contributed by atoms with Crippen molar-refractivity contribution < 1.29 is 32.0 Å². The highest BCUT2D eigenvalue weighted by Gasteiger charge is 2.52. The third kappa shape index (κ3) is 5.76. The Kier molecular flexibility index (Phi) is 5.63. The molecule has 0 spiro atoms. The predicted octanol–water partition coefficient (Wildman–Crippen LogP) is 3.43. The largest absolute Gasteiger partial charge is 0.446 e. The summed E-state index contributed by atoms with van der Waals surface area (Å²) in [5.41, 5.74) is 0.0833. The number of amides is 2. The zero-order valence-corrected chi connectivity index (χ0v) is 16.5. The lowest BCUT2D eigenvalue weighted by Crippen LogP contribution is -2.41. The van der Waals surface area contributed by atoms with Crippen molar-refractivity contribution in [1.29, 1.82) is 0 Å². The van der Waals surface area contributed by atoms with Crippen molar-refractivity contribution in [3.8, 4) is 0 Å². The topological polar surface area (TPSA) is 122 Å². The van der Waals surface area contributed by atoms with Gasteiger partial charge in [-0.15, -0.1) is 0 Å². The van der Waals surface area contributed by atoms with Gasteiger partial charge in [-0.05, 0) is 32.1 Å². The van der Waals surface area contributed by atoms with Crippen molar-refractivity contribution in [3.05, 3.63) is 29.8 Å². The third-order valence-electron chi connectivity index (χ3n) is 5.56. The van der Waals surface area contributed by atoms with Crippen LogP contribution in [0.4, 0.5) is 23.8 Å². The number of H-pyrrole nitrogens is 1. The van der Waals surface area contributed by atoms with Gasteiger partial charge in [-0.25, -0.2) is 4.79 Å². The standard InChI is InChI=1S/C19H22F3N5O4/c20-19(21,22)10-18(4-5-18)24-17(29)31-13-2-1-11(7-13)14-9-15(26-25-14)23-16(28)8-12-3-6-30-27-12/h3,6,9,11,13H,1-2,4-5,7-8,10H2,(H,24,29)(H2,23,25,26,28). The lowest BCUT2D eigenvalue weighted by molar-refractivity contribution is -0.141. The minimum Gasteiger partial charge on any atom is -0.446 e. The van der Waals surface area contributed by atoms with Crippen molar-refractivity contribution in [1.82, 2.24) is 20.7 Å². The van der Waals surface area contributed by atoms with Gasteiger partial charge in [0, 0.05) is 23.7 Å². The zero-order valence-electron chi connectivity index (χ0n) is 16.5. The van der Waals surface area contributed by atoms with Crippen LogP contribution in [-0.4, -0.2) is 45.2 Å². The van der Waals surface area contributed by atoms with Crippen molar-refractivity contribution >= 4 is 17.8 Å². The third-order valence-corrected chi connectivity index (χ3v) is 5.56. The molecule has 2 heterocycles. The van der Waals surface area contributed by atoms with Crippen LogP contribution in [0.1, 0.15) is 55.8 Å². The van der Waals surface area contributed by atoms with Crippen LogP contribution >= 0.6 is 0 Å². The summed E-state index contributed by atoms with van der Waals surface area (Å²) in [6, 6.07) is 3.31. The molecule has 2 aromatic rings. The Balaban J connectivity index is 1.24. The number of aromatic amines is 1. The van der Waals surface area contributed by atoms with E-state index < -0.39 is 24.2 Å². The summed E-state index contributed by atoms with van der Waals surface area (Å²) in [6.45, 7) is 0. The number of nitrogens with one attached hydrogen (secondary N) is 3. The smallest absolute Gasteiger partial charge is 0.407 e. The van der Waals surface area contributed by atoms with E-state index >= 15 is 0 Å². The molecule has 2 aliphatic carbocycles. The second-order valence-electron chi connectivity index (χ2n) is 8.16. The highest BCUT2D eigenvalue weighted by Crippen LogP contribution is 2.44. The second-order valence-corrected chi connectivity index (χ2v) is 8.16. The van der Waals surface area contributed by atoms with Crippen molar-refractivity contribution in [2.45, 2.75) is 68.7 Å². The van der Waals surface area contributed by atoms with Crippen LogP contribution in [0.25, 0.3) is 0 Å². The average molecular weight is 441 g/mol. The molecule has 0 aromatic carbocycles. The molecule has 0 bridgehead atoms. The molecule has 2 atom stereocenters. The van der Waals surface area contributed by atoms with Crippen LogP contribution in [0.2, 0.25) is 0 Å². The number of nitrogens with zero attached hydrogens (tertiary/aromatic N) is 2. The SMILES string of the molecule is O=C(Cc1ccon1)Nc1cc(C2CCC(OC(=O)NC3(CC(F)(F)F)CC3)C2)[nH]n1. The first-order chi connectivity index (χ1) is 14.7. The Morgan fingerprint density at radius 1 is 1.32 bits per heavy atom. The number of alkyl halides is 3. The van der Waals surface area contributed by atoms with Gasteiger partial charge in [-0.2, -0.15) is 18.3 Å². The van der Waals surface area contributed by atoms with E-state index in [9.17, 15) is 22.8 Å². The number of alkyl carbamates (subject to hydrolysis) is 1. The Labute approximate surface area is 175 Å². The Morgan fingerprint density at radius 3 is 2.81 bits per heavy atom. The summed E-state index contributed by atoms with van der Waals surface area (Å²) in [4.78, 5) is 24.1. The average Bonchev–Trinajstić information content (AvgIpc) is 3.11. The van der Waals surface area contributed by atoms with E-state index in [1.165, 1.54) is 6.26 Å². The van der Waals surface area contributed by atoms with Gasteiger partial charge in [-0.3, -0.25) is 9.89 Å². The summed E-state index contributed by atoms with van der Waals surface area (Å²) in [6.07, 6.45) is -2.68. The first-order valence-electron chi connectivity index (χ1n) is 10.00. The van der Waals surface area contributed by atoms with Crippen LogP contribution in [0, 0.1) is 0 Å². The molecular formula is C19H22F3N5O4. The number of carbonyl (C=O) groups is 2. The number of anilines is 1. The van der Waals surface area contributed by atoms with Gasteiger partial charge in [0.15, 0.2) is 5.82 Å². The molecule has 3 N–H and O–H groups in total. The summed E-state index contributed by atoms with van der Waals surface area (Å²) in [7, 11) is 0. The first kappa shape index (κ1) is 21.2. The number of hydrogen-bond donors (Lipinski definition) is 3. The second kappa shape index (κ2) is 8.23. The molecule has 4 rings (SSSR count). The number of hydrogen-bond acceptors (Lipinski definition) is 6. The molecule has 12 heteroatoms. The molecule has 2 unspecified atom stereocenters. The van der Waals surface area contributed by atoms with Gasteiger partial charge in [0.1, 0.15) is 12.4 Å². The van der Waals surface area contributed by atoms with E-state index in [1.54, 1.807) is 12.1 Å². The maximum atomic E-state index is 12.6. The number of halogens is 3. The van der Waals surface area contributed by atoms with Gasteiger partial charge < -0.3 is 19.9 Å². The number of aromatic nitrogens is 3. The molecule has 2 aromatic heterocycles. The molecule has 0 radical (unpaired) electrons. The Hall–Kier alpha value is -3.05. The van der Waals surface area contributed by atoms with Gasteiger partial charge in [0.25, 0.3) is 0 Å². The van der Waals surface area contributed by atoms with Crippen LogP contribution in [0.5, 0.6) is 0 Å². The molecule has 0 saturated heterocycles. The number of ether oxygens (including phenoxy) is 1. The van der Waals surface area contributed by atoms with Gasteiger partial charge >= 0.3 is 12.3 Å². The van der Waals surface area contributed by atoms with Crippen LogP contribution in [0.3, 0.4) is 0 Å². The molecule has 168 valence electrons. The predicted molar refractivity (Wildman–Crippen MR) is 100 cm³/mol. The van der Waals surface area contributed by atoms with Crippen molar-refractivity contribution in [3.63, 3.8) is 0 Å². The number of carbonyl (C=O) groups excluding carboxylic acids is 2. The van der Waals surface area contributed by atoms with E-state index in [1.807, 2.05) is 0 Å². The van der Waals surface area contributed by atoms with E-state index in [4.69, 9.17) is 4.74 Å². The quantitative estimate of drug-likeness (QED) is 0.605. The van der Waals surface area contributed by atoms with Gasteiger partial charge in [-0.1, -0.05) is 5.16 Å². The molecule has 31 heavy (non-hydrogen) atoms. The minimum absolute atomic E-state index is 0.0385. The van der Waals surface area contributed by atoms with Gasteiger partial charge in [0.2, 0.25) is 5.91 Å². The zero-order chi connectivity index (χ0) is 22.1. The highest BCUT2D eigenvalue weighted by atomic mass is 19.4. The van der Waals surface area contributed by atoms with E-state index in [-0.39, 0.29) is 24.3 Å². The van der Waals surface area contributed by atoms with Gasteiger partial charge in [0.05, 0.1) is 24.1 Å². The summed E-state index contributed by atoms with van der Waals surface area (Å²) in [5, 5.41) is 15.7. The maximum Gasteiger partial charge on any atom is 0.407 e. The minimum atomic E-state index is -4.33. The van der Waals surface area contributed by atoms with Crippen LogP contribution in [-0.2, 0) is 16.0 Å². The molecular weight excluding hydrogens is 419 g/mol. The van der Waals surface area contributed by atoms with E-state index in [0.29, 0.717) is 37.2 Å². The van der Waals surface area contributed by atoms with E-state index in [0.717, 1.165) is 12.1 Å². The molecule has 2 fully saturated rings. The van der Waals surface area contributed by atoms with Crippen LogP contribution < -0.4 is 10.6 Å². The fraction of sp³-hybridized carbons (Fsp3) is 0.579. The lowest BCUT2D eigenvalue weighted by Gasteiger charge is -2.20. The molecule has 2 saturated carbocycles. The van der Waals surface area contributed by atoms with Crippen molar-refractivity contribution in [2.24, 2.45) is 0 Å². The fourth-order valence-corrected chi connectivity index (χ4v) is 3.90. The maximum absolute atomic E-state index is 12.6. The Morgan fingerprint density at radius 2 is 2.13 bits per heavy atom. The Bertz CT molecular complexity index is 923. The highest BCUT2D eigenvalue weighted by molar-refractivity contribution is 5.91. The normalized spacial score (nSPS) is 22.2. The fourth-order valence-electron chi connectivity index (χ4n) is 3.90. The van der Waals surface area contributed by atoms with E-state index in [2.05, 4.69) is 30.5 Å². The summed E-state index contributed by atoms with van der Waals surface area (Å²) in [5.74, 6) is 0.120. The molecule has 2 amide bonds. The lowest BCUT2D eigenvalue weighted by atomic mass is 10.0. The van der Waals surface area contributed by atoms with Crippen molar-refractivity contribution in [2.75, 3.05) is 5.32 Å². The van der Waals surface area contributed by atoms with Crippen LogP contribution in [0.15, 0.2) is 22.9 Å². The summed E-state index contributed by atoms with van der Waals surface area (Å²) < 4.78 is 47.9.